The lowest BCUT2D eigenvalue weighted by Crippen LogP contribution is -2.51. The predicted molar refractivity (Wildman–Crippen MR) is 98.7 cm³/mol. The normalized spacial score (nSPS) is 28.2. The summed E-state index contributed by atoms with van der Waals surface area (Å²) in [6.07, 6.45) is 8.01. The third-order valence-electron chi connectivity index (χ3n) is 5.92. The van der Waals surface area contributed by atoms with E-state index in [1.54, 1.807) is 0 Å². The Morgan fingerprint density at radius 2 is 1.84 bits per heavy atom. The molecule has 2 aliphatic heterocycles. The third-order valence-corrected chi connectivity index (χ3v) is 5.92. The number of hydrazine groups is 1. The minimum atomic E-state index is 0.191. The van der Waals surface area contributed by atoms with Gasteiger partial charge in [0.15, 0.2) is 0 Å². The fraction of sp³-hybridized carbons (Fsp3) is 0.650. The lowest BCUT2D eigenvalue weighted by molar-refractivity contribution is -0.122. The van der Waals surface area contributed by atoms with Crippen LogP contribution in [0.2, 0.25) is 0 Å². The largest absolute Gasteiger partial charge is 0.353 e. The molecule has 136 valence electrons. The Kier molecular flexibility index (Phi) is 5.34. The van der Waals surface area contributed by atoms with Crippen LogP contribution < -0.4 is 16.2 Å². The maximum absolute atomic E-state index is 12.2. The molecule has 3 aliphatic rings. The van der Waals surface area contributed by atoms with Crippen LogP contribution in [0.4, 0.5) is 0 Å². The van der Waals surface area contributed by atoms with Crippen molar-refractivity contribution in [2.24, 2.45) is 5.92 Å². The first-order chi connectivity index (χ1) is 12.3. The summed E-state index contributed by atoms with van der Waals surface area (Å²) in [7, 11) is 0. The van der Waals surface area contributed by atoms with Gasteiger partial charge in [-0.25, -0.2) is 5.43 Å². The van der Waals surface area contributed by atoms with Crippen molar-refractivity contribution < 1.29 is 4.79 Å². The number of benzene rings is 1. The van der Waals surface area contributed by atoms with E-state index >= 15 is 0 Å². The standard InChI is InChI=1S/C20H30N4O/c25-20(9-6-15-4-2-1-3-5-15)21-17-10-12-24(13-11-17)19-14-18(22-23-19)16-7-8-16/h1-5,16-19,22-23H,6-14H2,(H,21,25). The number of nitrogens with one attached hydrogen (secondary N) is 3. The molecule has 2 heterocycles. The number of carbonyl (C=O) groups excluding carboxylic acids is 1. The summed E-state index contributed by atoms with van der Waals surface area (Å²) >= 11 is 0. The number of hydrogen-bond donors (Lipinski definition) is 3. The molecule has 1 aromatic rings. The monoisotopic (exact) mass is 342 g/mol. The maximum atomic E-state index is 12.2. The molecule has 1 amide bonds. The number of hydrogen-bond acceptors (Lipinski definition) is 4. The number of likely N-dealkylation sites (tertiary alicyclic amines) is 1. The van der Waals surface area contributed by atoms with E-state index in [0.29, 0.717) is 24.7 Å². The number of piperidine rings is 1. The molecule has 0 spiro atoms. The van der Waals surface area contributed by atoms with Crippen molar-refractivity contribution in [2.75, 3.05) is 13.1 Å². The molecule has 1 aliphatic carbocycles. The maximum Gasteiger partial charge on any atom is 0.220 e. The summed E-state index contributed by atoms with van der Waals surface area (Å²) in [6, 6.07) is 11.3. The summed E-state index contributed by atoms with van der Waals surface area (Å²) in [5, 5.41) is 3.24. The van der Waals surface area contributed by atoms with Gasteiger partial charge in [0, 0.05) is 31.6 Å². The number of amides is 1. The van der Waals surface area contributed by atoms with E-state index in [4.69, 9.17) is 0 Å². The Hall–Kier alpha value is -1.43. The van der Waals surface area contributed by atoms with E-state index in [0.717, 1.165) is 38.3 Å². The molecule has 2 atom stereocenters. The van der Waals surface area contributed by atoms with Gasteiger partial charge in [-0.1, -0.05) is 30.3 Å². The SMILES string of the molecule is O=C(CCc1ccccc1)NC1CCN(C2CC(C3CC3)NN2)CC1. The van der Waals surface area contributed by atoms with Crippen molar-refractivity contribution in [3.05, 3.63) is 35.9 Å². The van der Waals surface area contributed by atoms with Crippen LogP contribution >= 0.6 is 0 Å². The zero-order valence-electron chi connectivity index (χ0n) is 14.9. The van der Waals surface area contributed by atoms with Gasteiger partial charge in [0.1, 0.15) is 0 Å². The average molecular weight is 342 g/mol. The van der Waals surface area contributed by atoms with Crippen LogP contribution in [0.15, 0.2) is 30.3 Å². The van der Waals surface area contributed by atoms with Crippen LogP contribution in [-0.4, -0.2) is 42.1 Å². The molecule has 5 nitrogen and oxygen atoms in total. The summed E-state index contributed by atoms with van der Waals surface area (Å²) in [5.41, 5.74) is 8.19. The number of rotatable bonds is 6. The average Bonchev–Trinajstić information content (AvgIpc) is 3.39. The van der Waals surface area contributed by atoms with E-state index in [1.165, 1.54) is 24.8 Å². The molecule has 25 heavy (non-hydrogen) atoms. The smallest absolute Gasteiger partial charge is 0.220 e. The topological polar surface area (TPSA) is 56.4 Å². The molecular formula is C20H30N4O. The minimum Gasteiger partial charge on any atom is -0.353 e. The van der Waals surface area contributed by atoms with Gasteiger partial charge < -0.3 is 5.32 Å². The van der Waals surface area contributed by atoms with E-state index in [1.807, 2.05) is 18.2 Å². The van der Waals surface area contributed by atoms with Crippen LogP contribution in [0.1, 0.15) is 44.1 Å². The molecule has 0 radical (unpaired) electrons. The molecule has 3 N–H and O–H groups in total. The summed E-state index contributed by atoms with van der Waals surface area (Å²) < 4.78 is 0. The van der Waals surface area contributed by atoms with Crippen molar-refractivity contribution in [3.8, 4) is 0 Å². The second-order valence-electron chi connectivity index (χ2n) is 7.85. The van der Waals surface area contributed by atoms with Crippen molar-refractivity contribution in [1.29, 1.82) is 0 Å². The van der Waals surface area contributed by atoms with Gasteiger partial charge in [0.05, 0.1) is 6.17 Å². The fourth-order valence-corrected chi connectivity index (χ4v) is 4.17. The van der Waals surface area contributed by atoms with E-state index in [-0.39, 0.29) is 5.91 Å². The second-order valence-corrected chi connectivity index (χ2v) is 7.85. The zero-order valence-corrected chi connectivity index (χ0v) is 14.9. The second kappa shape index (κ2) is 7.85. The van der Waals surface area contributed by atoms with Gasteiger partial charge in [-0.05, 0) is 50.0 Å². The Bertz CT molecular complexity index is 566. The van der Waals surface area contributed by atoms with Crippen LogP contribution in [-0.2, 0) is 11.2 Å². The summed E-state index contributed by atoms with van der Waals surface area (Å²) in [5.74, 6) is 1.09. The van der Waals surface area contributed by atoms with Gasteiger partial charge in [-0.15, -0.1) is 0 Å². The third kappa shape index (κ3) is 4.60. The summed E-state index contributed by atoms with van der Waals surface area (Å²) in [4.78, 5) is 14.7. The molecule has 1 saturated carbocycles. The van der Waals surface area contributed by atoms with Crippen molar-refractivity contribution in [3.63, 3.8) is 0 Å². The van der Waals surface area contributed by atoms with Crippen LogP contribution in [0, 0.1) is 5.92 Å². The molecule has 2 unspecified atom stereocenters. The Morgan fingerprint density at radius 1 is 1.08 bits per heavy atom. The molecular weight excluding hydrogens is 312 g/mol. The van der Waals surface area contributed by atoms with Crippen molar-refractivity contribution in [2.45, 2.75) is 63.2 Å². The Labute approximate surface area is 150 Å². The highest BCUT2D eigenvalue weighted by molar-refractivity contribution is 5.76. The molecule has 1 aromatic carbocycles. The first-order valence-corrected chi connectivity index (χ1v) is 9.86. The highest BCUT2D eigenvalue weighted by Gasteiger charge is 2.39. The van der Waals surface area contributed by atoms with Crippen molar-refractivity contribution >= 4 is 5.91 Å². The zero-order chi connectivity index (χ0) is 17.1. The van der Waals surface area contributed by atoms with E-state index in [9.17, 15) is 4.79 Å². The number of aryl methyl sites for hydroxylation is 1. The minimum absolute atomic E-state index is 0.191. The quantitative estimate of drug-likeness (QED) is 0.738. The molecule has 3 fully saturated rings. The highest BCUT2D eigenvalue weighted by Crippen LogP contribution is 2.36. The van der Waals surface area contributed by atoms with E-state index in [2.05, 4.69) is 33.2 Å². The first kappa shape index (κ1) is 17.0. The van der Waals surface area contributed by atoms with Gasteiger partial charge in [0.2, 0.25) is 5.91 Å². The Morgan fingerprint density at radius 3 is 2.56 bits per heavy atom. The van der Waals surface area contributed by atoms with Gasteiger partial charge in [-0.3, -0.25) is 15.1 Å². The van der Waals surface area contributed by atoms with E-state index < -0.39 is 0 Å². The van der Waals surface area contributed by atoms with Crippen LogP contribution in [0.5, 0.6) is 0 Å². The first-order valence-electron chi connectivity index (χ1n) is 9.86. The molecule has 2 saturated heterocycles. The number of carbonyl (C=O) groups is 1. The molecule has 5 heteroatoms. The Balaban J connectivity index is 1.15. The van der Waals surface area contributed by atoms with Gasteiger partial charge in [0.25, 0.3) is 0 Å². The van der Waals surface area contributed by atoms with Crippen LogP contribution in [0.3, 0.4) is 0 Å². The lowest BCUT2D eigenvalue weighted by Gasteiger charge is -2.35. The fourth-order valence-electron chi connectivity index (χ4n) is 4.17. The van der Waals surface area contributed by atoms with Gasteiger partial charge >= 0.3 is 0 Å². The molecule has 0 aromatic heterocycles. The van der Waals surface area contributed by atoms with Crippen molar-refractivity contribution in [1.82, 2.24) is 21.1 Å². The van der Waals surface area contributed by atoms with Gasteiger partial charge in [-0.2, -0.15) is 0 Å². The lowest BCUT2D eigenvalue weighted by atomic mass is 10.0. The summed E-state index contributed by atoms with van der Waals surface area (Å²) in [6.45, 7) is 2.14. The molecule has 0 bridgehead atoms. The molecule has 4 rings (SSSR count). The number of nitrogens with zero attached hydrogens (tertiary/aromatic N) is 1. The highest BCUT2D eigenvalue weighted by atomic mass is 16.1. The van der Waals surface area contributed by atoms with Crippen LogP contribution in [0.25, 0.3) is 0 Å². The predicted octanol–water partition coefficient (Wildman–Crippen LogP) is 1.80.